The molecule has 0 saturated carbocycles. The van der Waals surface area contributed by atoms with Crippen molar-refractivity contribution in [1.29, 1.82) is 0 Å². The zero-order chi connectivity index (χ0) is 19.4. The number of aromatic nitrogens is 4. The van der Waals surface area contributed by atoms with Crippen molar-refractivity contribution < 1.29 is 25.5 Å². The molecule has 2 aromatic rings. The first-order chi connectivity index (χ1) is 11.2. The molecule has 144 valence electrons. The van der Waals surface area contributed by atoms with E-state index in [0.29, 0.717) is 9.54 Å². The average molecular weight is 689 g/mol. The summed E-state index contributed by atoms with van der Waals surface area (Å²) in [6.45, 7) is 7.93. The topological polar surface area (TPSA) is 35.6 Å². The minimum atomic E-state index is 0.650. The number of rotatable bonds is 0. The summed E-state index contributed by atoms with van der Waals surface area (Å²) >= 11 is 21.7. The van der Waals surface area contributed by atoms with Gasteiger partial charge in [-0.05, 0) is 64.3 Å². The fraction of sp³-hybridized carbons (Fsp3) is 0.429. The molecule has 0 atom stereocenters. The summed E-state index contributed by atoms with van der Waals surface area (Å²) in [7, 11) is 3.84. The number of halogens is 2. The third-order valence-electron chi connectivity index (χ3n) is 3.01. The van der Waals surface area contributed by atoms with Crippen LogP contribution in [0, 0.1) is 37.2 Å². The average Bonchev–Trinajstić information content (AvgIpc) is 2.54. The Morgan fingerprint density at radius 1 is 0.750 bits per heavy atom. The molecule has 0 saturated heterocycles. The quantitative estimate of drug-likeness (QED) is 0.214. The van der Waals surface area contributed by atoms with E-state index in [2.05, 4.69) is 35.5 Å². The number of aryl methyl sites for hydroxylation is 4. The zero-order valence-corrected chi connectivity index (χ0v) is 22.0. The Labute approximate surface area is 193 Å². The summed E-state index contributed by atoms with van der Waals surface area (Å²) < 4.78 is 5.08. The van der Waals surface area contributed by atoms with Gasteiger partial charge in [0.15, 0.2) is 9.54 Å². The van der Waals surface area contributed by atoms with Crippen LogP contribution in [0.3, 0.4) is 0 Å². The summed E-state index contributed by atoms with van der Waals surface area (Å²) in [5.41, 5.74) is 4.27. The Balaban J connectivity index is 0. The van der Waals surface area contributed by atoms with E-state index in [9.17, 15) is 0 Å². The second-order valence-corrected chi connectivity index (χ2v) is 5.49. The van der Waals surface area contributed by atoms with Gasteiger partial charge in [-0.2, -0.15) is 0 Å². The van der Waals surface area contributed by atoms with Gasteiger partial charge in [0.25, 0.3) is 0 Å². The third-order valence-corrected chi connectivity index (χ3v) is 3.74. The van der Waals surface area contributed by atoms with Crippen molar-refractivity contribution in [2.75, 3.05) is 0 Å². The van der Waals surface area contributed by atoms with Crippen LogP contribution in [-0.2, 0) is 39.6 Å². The predicted octanol–water partition coefficient (Wildman–Crippen LogP) is 5.30. The molecular weight excluding hydrogens is 669 g/mol. The van der Waals surface area contributed by atoms with Gasteiger partial charge in [-0.3, -0.25) is 0 Å². The molecule has 0 amide bonds. The van der Waals surface area contributed by atoms with Crippen LogP contribution >= 0.6 is 65.1 Å². The summed E-state index contributed by atoms with van der Waals surface area (Å²) in [4.78, 5) is 8.22. The van der Waals surface area contributed by atoms with E-state index >= 15 is 0 Å². The summed E-state index contributed by atoms with van der Waals surface area (Å²) in [5.74, 6) is 0. The maximum absolute atomic E-state index is 4.98. The van der Waals surface area contributed by atoms with Gasteiger partial charge in [-0.1, -0.05) is 0 Å². The van der Waals surface area contributed by atoms with Crippen molar-refractivity contribution in [1.82, 2.24) is 19.1 Å². The van der Waals surface area contributed by atoms with Gasteiger partial charge < -0.3 is 9.13 Å². The maximum atomic E-state index is 4.98. The minimum absolute atomic E-state index is 0.650. The van der Waals surface area contributed by atoms with Crippen LogP contribution < -0.4 is 0 Å². The number of hydrogen-bond acceptors (Lipinski definition) is 4. The molecule has 10 heteroatoms. The van der Waals surface area contributed by atoms with Gasteiger partial charge >= 0.3 is 66.2 Å². The van der Waals surface area contributed by atoms with Gasteiger partial charge in [-0.25, -0.2) is 9.97 Å². The predicted molar refractivity (Wildman–Crippen MR) is 115 cm³/mol. The van der Waals surface area contributed by atoms with Crippen molar-refractivity contribution >= 4 is 65.1 Å². The molecule has 0 aliphatic rings. The molecule has 0 aliphatic carbocycles. The van der Waals surface area contributed by atoms with Crippen LogP contribution in [-0.4, -0.2) is 19.1 Å². The zero-order valence-electron chi connectivity index (χ0n) is 14.1. The summed E-state index contributed by atoms with van der Waals surface area (Å²) in [5, 5.41) is 0. The van der Waals surface area contributed by atoms with Crippen LogP contribution in [0.2, 0.25) is 0 Å². The van der Waals surface area contributed by atoms with Crippen LogP contribution in [0.4, 0.5) is 0 Å². The van der Waals surface area contributed by atoms with Gasteiger partial charge in [0.05, 0.1) is 0 Å². The van der Waals surface area contributed by atoms with Crippen molar-refractivity contribution in [3.05, 3.63) is 44.5 Å². The summed E-state index contributed by atoms with van der Waals surface area (Å²) in [6, 6.07) is 4.02. The van der Waals surface area contributed by atoms with Gasteiger partial charge in [0, 0.05) is 36.9 Å². The SMILES string of the molecule is Cc1cc(C)n(C)c(=S)n1.Cc1cc(C)n(C)c(=S)n1.[Cu][I].[Cu][I]. The Kier molecular flexibility index (Phi) is 17.3. The summed E-state index contributed by atoms with van der Waals surface area (Å²) in [6.07, 6.45) is 0. The Morgan fingerprint density at radius 3 is 1.21 bits per heavy atom. The Hall–Kier alpha value is 1.10. The third kappa shape index (κ3) is 10.3. The van der Waals surface area contributed by atoms with Crippen molar-refractivity contribution in [2.24, 2.45) is 14.1 Å². The van der Waals surface area contributed by atoms with Crippen molar-refractivity contribution in [2.45, 2.75) is 27.7 Å². The van der Waals surface area contributed by atoms with Crippen LogP contribution in [0.5, 0.6) is 0 Å². The molecule has 0 bridgehead atoms. The van der Waals surface area contributed by atoms with E-state index in [1.165, 1.54) is 0 Å². The molecule has 0 spiro atoms. The van der Waals surface area contributed by atoms with Crippen molar-refractivity contribution in [3.8, 4) is 0 Å². The molecule has 4 nitrogen and oxygen atoms in total. The number of nitrogens with zero attached hydrogens (tertiary/aromatic N) is 4. The normalized spacial score (nSPS) is 8.83. The van der Waals surface area contributed by atoms with Gasteiger partial charge in [0.1, 0.15) is 0 Å². The van der Waals surface area contributed by atoms with E-state index in [1.54, 1.807) is 40.7 Å². The molecule has 2 heterocycles. The molecule has 24 heavy (non-hydrogen) atoms. The molecule has 0 aromatic carbocycles. The standard InChI is InChI=1S/2C7H10N2S.2Cu.2HI/c2*1-5-4-6(2)9(3)7(10)8-5;;;;/h2*4H,1-3H3;;;2*1H/q;;2*+1;;/p-2. The fourth-order valence-electron chi connectivity index (χ4n) is 1.62. The second kappa shape index (κ2) is 15.2. The molecule has 0 fully saturated rings. The van der Waals surface area contributed by atoms with Gasteiger partial charge in [0.2, 0.25) is 0 Å². The van der Waals surface area contributed by atoms with Gasteiger partial charge in [-0.15, -0.1) is 0 Å². The molecule has 0 radical (unpaired) electrons. The first kappa shape index (κ1) is 27.3. The first-order valence-electron chi connectivity index (χ1n) is 6.47. The van der Waals surface area contributed by atoms with E-state index < -0.39 is 0 Å². The molecule has 0 aliphatic heterocycles. The van der Waals surface area contributed by atoms with Crippen LogP contribution in [0.25, 0.3) is 0 Å². The fourth-order valence-corrected chi connectivity index (χ4v) is 2.19. The van der Waals surface area contributed by atoms with Crippen LogP contribution in [0.15, 0.2) is 12.1 Å². The first-order valence-corrected chi connectivity index (χ1v) is 13.4. The molecule has 2 rings (SSSR count). The molecule has 2 aromatic heterocycles. The molecule has 0 unspecified atom stereocenters. The van der Waals surface area contributed by atoms with Crippen molar-refractivity contribution in [3.63, 3.8) is 0 Å². The van der Waals surface area contributed by atoms with Crippen LogP contribution in [0.1, 0.15) is 22.8 Å². The van der Waals surface area contributed by atoms with E-state index in [4.69, 9.17) is 24.4 Å². The Morgan fingerprint density at radius 2 is 1.00 bits per heavy atom. The van der Waals surface area contributed by atoms with E-state index in [-0.39, 0.29) is 0 Å². The van der Waals surface area contributed by atoms with E-state index in [0.717, 1.165) is 22.8 Å². The monoisotopic (exact) mass is 688 g/mol. The number of hydrogen-bond donors (Lipinski definition) is 0. The molecular formula is C14H20Cu2I2N4S2. The van der Waals surface area contributed by atoms with E-state index in [1.807, 2.05) is 63.1 Å². The Bertz CT molecular complexity index is 685. The molecule has 0 N–H and O–H groups in total. The second-order valence-electron chi connectivity index (χ2n) is 4.76.